The number of hydrogen-bond acceptors (Lipinski definition) is 4. The van der Waals surface area contributed by atoms with E-state index in [0.717, 1.165) is 29.2 Å². The van der Waals surface area contributed by atoms with Gasteiger partial charge < -0.3 is 20.4 Å². The number of carbonyl (C=O) groups is 1. The number of hydrogen-bond donors (Lipinski definition) is 3. The van der Waals surface area contributed by atoms with Crippen molar-refractivity contribution < 1.29 is 9.21 Å². The molecule has 1 aromatic carbocycles. The maximum absolute atomic E-state index is 11.9. The molecular weight excluding hydrogens is 457 g/mol. The Kier molecular flexibility index (Phi) is 7.64. The van der Waals surface area contributed by atoms with Crippen molar-refractivity contribution in [2.45, 2.75) is 39.7 Å². The third-order valence-electron chi connectivity index (χ3n) is 4.41. The summed E-state index contributed by atoms with van der Waals surface area (Å²) in [7, 11) is 0. The monoisotopic (exact) mass is 483 g/mol. The molecule has 0 saturated carbocycles. The minimum atomic E-state index is 0. The van der Waals surface area contributed by atoms with Crippen molar-refractivity contribution in [2.24, 2.45) is 4.99 Å². The van der Waals surface area contributed by atoms with Crippen molar-refractivity contribution in [3.8, 4) is 0 Å². The van der Waals surface area contributed by atoms with Crippen LogP contribution in [-0.4, -0.2) is 29.9 Å². The van der Waals surface area contributed by atoms with Gasteiger partial charge in [-0.1, -0.05) is 18.2 Å². The zero-order chi connectivity index (χ0) is 18.5. The summed E-state index contributed by atoms with van der Waals surface area (Å²) in [6.07, 6.45) is 0.460. The minimum Gasteiger partial charge on any atom is -0.444 e. The second-order valence-corrected chi connectivity index (χ2v) is 6.36. The lowest BCUT2D eigenvalue weighted by Crippen LogP contribution is -2.40. The van der Waals surface area contributed by atoms with Crippen LogP contribution in [-0.2, 0) is 11.3 Å². The molecule has 0 radical (unpaired) electrons. The molecule has 0 spiro atoms. The van der Waals surface area contributed by atoms with E-state index in [-0.39, 0.29) is 35.8 Å². The fourth-order valence-corrected chi connectivity index (χ4v) is 3.00. The number of guanidine groups is 1. The average molecular weight is 483 g/mol. The third kappa shape index (κ3) is 5.44. The number of fused-ring (bicyclic) bond motifs is 1. The van der Waals surface area contributed by atoms with Crippen LogP contribution in [0.3, 0.4) is 0 Å². The first kappa shape index (κ1) is 21.2. The van der Waals surface area contributed by atoms with E-state index < -0.39 is 0 Å². The molecule has 27 heavy (non-hydrogen) atoms. The molecule has 1 unspecified atom stereocenters. The average Bonchev–Trinajstić information content (AvgIpc) is 2.95. The molecule has 3 rings (SSSR count). The van der Waals surface area contributed by atoms with Crippen molar-refractivity contribution in [1.82, 2.24) is 15.6 Å². The third-order valence-corrected chi connectivity index (χ3v) is 4.41. The van der Waals surface area contributed by atoms with Crippen LogP contribution in [0.15, 0.2) is 33.7 Å². The van der Waals surface area contributed by atoms with Crippen molar-refractivity contribution in [3.05, 3.63) is 47.2 Å². The molecule has 1 aromatic heterocycles. The van der Waals surface area contributed by atoms with Gasteiger partial charge in [0.2, 0.25) is 11.8 Å². The number of nitrogens with one attached hydrogen (secondary N) is 3. The highest BCUT2D eigenvalue weighted by atomic mass is 127. The highest BCUT2D eigenvalue weighted by Gasteiger charge is 2.24. The van der Waals surface area contributed by atoms with E-state index in [1.54, 1.807) is 0 Å². The lowest BCUT2D eigenvalue weighted by Gasteiger charge is -2.26. The largest absolute Gasteiger partial charge is 0.444 e. The number of nitrogens with zero attached hydrogens (tertiary/aromatic N) is 2. The van der Waals surface area contributed by atoms with E-state index in [0.29, 0.717) is 31.4 Å². The number of aliphatic imine (C=N–C) groups is 1. The molecule has 2 heterocycles. The first-order valence-electron chi connectivity index (χ1n) is 8.90. The maximum atomic E-state index is 11.9. The summed E-state index contributed by atoms with van der Waals surface area (Å²) in [5, 5.41) is 9.47. The minimum absolute atomic E-state index is 0. The van der Waals surface area contributed by atoms with Gasteiger partial charge in [-0.25, -0.2) is 9.98 Å². The standard InChI is InChI=1S/C19H25N5O2.HI/c1-4-20-19(22-11-18-23-12(2)13(3)26-18)21-10-14-9-17(25)24-16-8-6-5-7-15(14)16;/h5-8,14H,4,9-11H2,1-3H3,(H,24,25)(H2,20,21,22);1H. The molecular formula is C19H26IN5O2. The van der Waals surface area contributed by atoms with Gasteiger partial charge in [0.05, 0.1) is 5.69 Å². The highest BCUT2D eigenvalue weighted by molar-refractivity contribution is 14.0. The van der Waals surface area contributed by atoms with Crippen molar-refractivity contribution in [2.75, 3.05) is 18.4 Å². The molecule has 7 nitrogen and oxygen atoms in total. The Bertz CT molecular complexity index is 799. The first-order valence-corrected chi connectivity index (χ1v) is 8.90. The fourth-order valence-electron chi connectivity index (χ4n) is 3.00. The van der Waals surface area contributed by atoms with Gasteiger partial charge >= 0.3 is 0 Å². The quantitative estimate of drug-likeness (QED) is 0.346. The van der Waals surface area contributed by atoms with Crippen LogP contribution in [0.25, 0.3) is 0 Å². The molecule has 0 aliphatic carbocycles. The molecule has 146 valence electrons. The van der Waals surface area contributed by atoms with Crippen LogP contribution in [0.2, 0.25) is 0 Å². The summed E-state index contributed by atoms with van der Waals surface area (Å²) in [4.78, 5) is 20.8. The van der Waals surface area contributed by atoms with E-state index in [1.807, 2.05) is 39.0 Å². The van der Waals surface area contributed by atoms with Crippen molar-refractivity contribution in [3.63, 3.8) is 0 Å². The molecule has 1 aliphatic rings. The van der Waals surface area contributed by atoms with E-state index >= 15 is 0 Å². The Morgan fingerprint density at radius 2 is 2.11 bits per heavy atom. The smallest absolute Gasteiger partial charge is 0.225 e. The highest BCUT2D eigenvalue weighted by Crippen LogP contribution is 2.31. The molecule has 3 N–H and O–H groups in total. The molecule has 8 heteroatoms. The number of aromatic nitrogens is 1. The number of oxazole rings is 1. The van der Waals surface area contributed by atoms with Crippen molar-refractivity contribution >= 4 is 41.5 Å². The van der Waals surface area contributed by atoms with Crippen molar-refractivity contribution in [1.29, 1.82) is 0 Å². The van der Waals surface area contributed by atoms with Gasteiger partial charge in [-0.2, -0.15) is 0 Å². The lowest BCUT2D eigenvalue weighted by molar-refractivity contribution is -0.116. The Morgan fingerprint density at radius 1 is 1.33 bits per heavy atom. The predicted molar refractivity (Wildman–Crippen MR) is 117 cm³/mol. The summed E-state index contributed by atoms with van der Waals surface area (Å²) < 4.78 is 5.57. The zero-order valence-electron chi connectivity index (χ0n) is 15.8. The molecule has 0 saturated heterocycles. The maximum Gasteiger partial charge on any atom is 0.225 e. The van der Waals surface area contributed by atoms with Gasteiger partial charge in [-0.3, -0.25) is 4.79 Å². The van der Waals surface area contributed by atoms with E-state index in [4.69, 9.17) is 4.42 Å². The topological polar surface area (TPSA) is 91.6 Å². The lowest BCUT2D eigenvalue weighted by atomic mass is 9.90. The number of anilines is 1. The first-order chi connectivity index (χ1) is 12.6. The van der Waals surface area contributed by atoms with Crippen LogP contribution in [0, 0.1) is 13.8 Å². The van der Waals surface area contributed by atoms with Gasteiger partial charge in [0.25, 0.3) is 0 Å². The molecule has 1 aliphatic heterocycles. The SMILES string of the molecule is CCNC(=NCc1nc(C)c(C)o1)NCC1CC(=O)Nc2ccccc21.I. The van der Waals surface area contributed by atoms with Gasteiger partial charge in [0, 0.05) is 31.1 Å². The van der Waals surface area contributed by atoms with Crippen LogP contribution in [0.4, 0.5) is 5.69 Å². The summed E-state index contributed by atoms with van der Waals surface area (Å²) in [5.41, 5.74) is 2.93. The van der Waals surface area contributed by atoms with E-state index in [2.05, 4.69) is 32.0 Å². The molecule has 2 aromatic rings. The second-order valence-electron chi connectivity index (χ2n) is 6.36. The van der Waals surface area contributed by atoms with Crippen LogP contribution in [0.5, 0.6) is 0 Å². The Balaban J connectivity index is 0.00000261. The normalized spacial score (nSPS) is 16.2. The number of carbonyl (C=O) groups excluding carboxylic acids is 1. The number of para-hydroxylation sites is 1. The number of benzene rings is 1. The van der Waals surface area contributed by atoms with Gasteiger partial charge in [0.1, 0.15) is 12.3 Å². The Morgan fingerprint density at radius 3 is 2.81 bits per heavy atom. The number of amides is 1. The van der Waals surface area contributed by atoms with Crippen LogP contribution < -0.4 is 16.0 Å². The number of halogens is 1. The molecule has 1 atom stereocenters. The van der Waals surface area contributed by atoms with E-state index in [9.17, 15) is 4.79 Å². The summed E-state index contributed by atoms with van der Waals surface area (Å²) in [5.74, 6) is 2.25. The molecule has 1 amide bonds. The van der Waals surface area contributed by atoms with Crippen LogP contribution >= 0.6 is 24.0 Å². The summed E-state index contributed by atoms with van der Waals surface area (Å²) in [6, 6.07) is 7.92. The summed E-state index contributed by atoms with van der Waals surface area (Å²) in [6.45, 7) is 7.56. The molecule has 0 fully saturated rings. The van der Waals surface area contributed by atoms with Crippen LogP contribution in [0.1, 0.15) is 42.2 Å². The van der Waals surface area contributed by atoms with Gasteiger partial charge in [-0.15, -0.1) is 24.0 Å². The zero-order valence-corrected chi connectivity index (χ0v) is 18.2. The van der Waals surface area contributed by atoms with E-state index in [1.165, 1.54) is 0 Å². The summed E-state index contributed by atoms with van der Waals surface area (Å²) >= 11 is 0. The number of aryl methyl sites for hydroxylation is 2. The Labute approximate surface area is 176 Å². The van der Waals surface area contributed by atoms with Gasteiger partial charge in [-0.05, 0) is 32.4 Å². The molecule has 0 bridgehead atoms. The Hall–Kier alpha value is -2.10. The second kappa shape index (κ2) is 9.72. The predicted octanol–water partition coefficient (Wildman–Crippen LogP) is 3.09. The fraction of sp³-hybridized carbons (Fsp3) is 0.421. The van der Waals surface area contributed by atoms with Gasteiger partial charge in [0.15, 0.2) is 5.96 Å². The number of rotatable bonds is 5.